The van der Waals surface area contributed by atoms with Crippen LogP contribution in [0.15, 0.2) is 17.3 Å². The monoisotopic (exact) mass is 315 g/mol. The predicted molar refractivity (Wildman–Crippen MR) is 76.9 cm³/mol. The topological polar surface area (TPSA) is 110 Å². The summed E-state index contributed by atoms with van der Waals surface area (Å²) in [5.74, 6) is 0.0443. The Morgan fingerprint density at radius 2 is 2.05 bits per heavy atom. The minimum Gasteiger partial charge on any atom is -0.340 e. The van der Waals surface area contributed by atoms with Crippen molar-refractivity contribution in [3.8, 4) is 0 Å². The van der Waals surface area contributed by atoms with Crippen LogP contribution < -0.4 is 10.5 Å². The van der Waals surface area contributed by atoms with Crippen molar-refractivity contribution >= 4 is 15.9 Å². The van der Waals surface area contributed by atoms with Crippen LogP contribution in [0.5, 0.6) is 0 Å². The van der Waals surface area contributed by atoms with Gasteiger partial charge in [0.2, 0.25) is 15.9 Å². The lowest BCUT2D eigenvalue weighted by molar-refractivity contribution is -0.133. The number of nitrogens with one attached hydrogen (secondary N) is 1. The van der Waals surface area contributed by atoms with E-state index in [2.05, 4.69) is 10.4 Å². The van der Waals surface area contributed by atoms with E-state index in [1.165, 1.54) is 17.1 Å². The van der Waals surface area contributed by atoms with E-state index in [9.17, 15) is 13.2 Å². The third-order valence-electron chi connectivity index (χ3n) is 3.40. The Morgan fingerprint density at radius 3 is 2.57 bits per heavy atom. The van der Waals surface area contributed by atoms with Crippen molar-refractivity contribution in [3.63, 3.8) is 0 Å². The van der Waals surface area contributed by atoms with Crippen LogP contribution in [0.3, 0.4) is 0 Å². The molecule has 3 N–H and O–H groups in total. The molecule has 1 saturated heterocycles. The summed E-state index contributed by atoms with van der Waals surface area (Å²) in [4.78, 5) is 14.0. The number of nitrogens with two attached hydrogens (primary N) is 1. The first-order valence-electron chi connectivity index (χ1n) is 6.85. The number of amides is 1. The number of carbonyl (C=O) groups excluding carboxylic acids is 1. The molecule has 2 heterocycles. The highest BCUT2D eigenvalue weighted by Gasteiger charge is 2.24. The summed E-state index contributed by atoms with van der Waals surface area (Å²) in [6.07, 6.45) is 2.81. The Balaban J connectivity index is 1.90. The molecule has 0 radical (unpaired) electrons. The lowest BCUT2D eigenvalue weighted by atomic mass is 10.1. The van der Waals surface area contributed by atoms with Gasteiger partial charge in [-0.05, 0) is 13.8 Å². The standard InChI is InChI=1S/C12H21N5O3S/c1-9-6-16(7-10(2)15-9)12(18)3-4-17-8-11(5-14-17)21(13,19)20/h5,8-10,15H,3-4,6-7H2,1-2H3,(H2,13,19,20). The van der Waals surface area contributed by atoms with Gasteiger partial charge in [0.25, 0.3) is 0 Å². The van der Waals surface area contributed by atoms with Crippen molar-refractivity contribution in [2.45, 2.75) is 43.8 Å². The zero-order valence-electron chi connectivity index (χ0n) is 12.2. The fraction of sp³-hybridized carbons (Fsp3) is 0.667. The van der Waals surface area contributed by atoms with Gasteiger partial charge < -0.3 is 10.2 Å². The van der Waals surface area contributed by atoms with Crippen molar-refractivity contribution in [2.75, 3.05) is 13.1 Å². The largest absolute Gasteiger partial charge is 0.340 e. The normalized spacial score (nSPS) is 23.3. The predicted octanol–water partition coefficient (Wildman–Crippen LogP) is -0.871. The quantitative estimate of drug-likeness (QED) is 0.750. The number of aryl methyl sites for hydroxylation is 1. The van der Waals surface area contributed by atoms with Crippen LogP contribution >= 0.6 is 0 Å². The average Bonchev–Trinajstić information content (AvgIpc) is 2.83. The van der Waals surface area contributed by atoms with Crippen molar-refractivity contribution < 1.29 is 13.2 Å². The number of sulfonamides is 1. The number of aromatic nitrogens is 2. The number of hydrogen-bond donors (Lipinski definition) is 2. The van der Waals surface area contributed by atoms with E-state index < -0.39 is 10.0 Å². The van der Waals surface area contributed by atoms with Crippen LogP contribution in [0.2, 0.25) is 0 Å². The maximum absolute atomic E-state index is 12.2. The molecule has 1 aliphatic heterocycles. The molecule has 8 nitrogen and oxygen atoms in total. The van der Waals surface area contributed by atoms with Gasteiger partial charge in [-0.3, -0.25) is 9.48 Å². The van der Waals surface area contributed by atoms with Gasteiger partial charge in [-0.15, -0.1) is 0 Å². The van der Waals surface area contributed by atoms with Gasteiger partial charge in [-0.2, -0.15) is 5.10 Å². The van der Waals surface area contributed by atoms with Crippen LogP contribution in [0.1, 0.15) is 20.3 Å². The third kappa shape index (κ3) is 4.26. The van der Waals surface area contributed by atoms with Gasteiger partial charge >= 0.3 is 0 Å². The van der Waals surface area contributed by atoms with Crippen LogP contribution in [-0.2, 0) is 21.4 Å². The highest BCUT2D eigenvalue weighted by Crippen LogP contribution is 2.08. The Kier molecular flexibility index (Phi) is 4.64. The Morgan fingerprint density at radius 1 is 1.43 bits per heavy atom. The molecule has 118 valence electrons. The van der Waals surface area contributed by atoms with Gasteiger partial charge in [0.1, 0.15) is 4.90 Å². The summed E-state index contributed by atoms with van der Waals surface area (Å²) in [5, 5.41) is 12.3. The molecule has 9 heteroatoms. The number of hydrogen-bond acceptors (Lipinski definition) is 5. The van der Waals surface area contributed by atoms with E-state index >= 15 is 0 Å². The van der Waals surface area contributed by atoms with Crippen LogP contribution in [0, 0.1) is 0 Å². The highest BCUT2D eigenvalue weighted by atomic mass is 32.2. The van der Waals surface area contributed by atoms with Gasteiger partial charge in [0.05, 0.1) is 6.20 Å². The second-order valence-electron chi connectivity index (χ2n) is 5.50. The SMILES string of the molecule is CC1CN(C(=O)CCn2cc(S(N)(=O)=O)cn2)CC(C)N1. The molecule has 0 aliphatic carbocycles. The fourth-order valence-electron chi connectivity index (χ4n) is 2.51. The maximum Gasteiger partial charge on any atom is 0.241 e. The minimum atomic E-state index is -3.74. The second kappa shape index (κ2) is 6.12. The first kappa shape index (κ1) is 15.9. The second-order valence-corrected chi connectivity index (χ2v) is 7.06. The molecule has 0 saturated carbocycles. The van der Waals surface area contributed by atoms with E-state index in [1.54, 1.807) is 0 Å². The summed E-state index contributed by atoms with van der Waals surface area (Å²) in [5.41, 5.74) is 0. The van der Waals surface area contributed by atoms with Crippen molar-refractivity contribution in [3.05, 3.63) is 12.4 Å². The number of carbonyl (C=O) groups is 1. The summed E-state index contributed by atoms with van der Waals surface area (Å²) >= 11 is 0. The van der Waals surface area contributed by atoms with Crippen LogP contribution in [0.4, 0.5) is 0 Å². The molecule has 1 aromatic heterocycles. The van der Waals surface area contributed by atoms with E-state index in [4.69, 9.17) is 5.14 Å². The molecule has 1 aliphatic rings. The van der Waals surface area contributed by atoms with Gasteiger partial charge in [-0.1, -0.05) is 0 Å². The number of rotatable bonds is 4. The molecule has 0 bridgehead atoms. The molecule has 1 aromatic rings. The fourth-order valence-corrected chi connectivity index (χ4v) is 2.98. The maximum atomic E-state index is 12.2. The first-order valence-corrected chi connectivity index (χ1v) is 8.39. The molecule has 2 atom stereocenters. The van der Waals surface area contributed by atoms with Crippen LogP contribution in [-0.4, -0.2) is 54.2 Å². The minimum absolute atomic E-state index is 0.0423. The molecule has 2 unspecified atom stereocenters. The molecular formula is C12H21N5O3S. The Labute approximate surface area is 124 Å². The molecule has 1 fully saturated rings. The van der Waals surface area contributed by atoms with E-state index in [1.807, 2.05) is 18.7 Å². The Hall–Kier alpha value is -1.45. The lowest BCUT2D eigenvalue weighted by Gasteiger charge is -2.36. The first-order chi connectivity index (χ1) is 9.75. The third-order valence-corrected chi connectivity index (χ3v) is 4.27. The molecule has 2 rings (SSSR count). The number of primary sulfonamides is 1. The zero-order chi connectivity index (χ0) is 15.6. The number of piperazine rings is 1. The van der Waals surface area contributed by atoms with E-state index in [-0.39, 0.29) is 29.3 Å². The summed E-state index contributed by atoms with van der Waals surface area (Å²) in [7, 11) is -3.74. The van der Waals surface area contributed by atoms with Gasteiger partial charge in [-0.25, -0.2) is 13.6 Å². The van der Waals surface area contributed by atoms with E-state index in [0.717, 1.165) is 0 Å². The summed E-state index contributed by atoms with van der Waals surface area (Å²) in [6.45, 7) is 5.79. The zero-order valence-corrected chi connectivity index (χ0v) is 13.0. The van der Waals surface area contributed by atoms with Crippen molar-refractivity contribution in [1.82, 2.24) is 20.0 Å². The van der Waals surface area contributed by atoms with Crippen molar-refractivity contribution in [1.29, 1.82) is 0 Å². The summed E-state index contributed by atoms with van der Waals surface area (Å²) < 4.78 is 23.7. The Bertz CT molecular complexity index is 602. The molecular weight excluding hydrogens is 294 g/mol. The molecule has 21 heavy (non-hydrogen) atoms. The van der Waals surface area contributed by atoms with Gasteiger partial charge in [0.15, 0.2) is 0 Å². The van der Waals surface area contributed by atoms with E-state index in [0.29, 0.717) is 19.6 Å². The average molecular weight is 315 g/mol. The lowest BCUT2D eigenvalue weighted by Crippen LogP contribution is -2.55. The summed E-state index contributed by atoms with van der Waals surface area (Å²) in [6, 6.07) is 0.549. The molecule has 0 aromatic carbocycles. The molecule has 1 amide bonds. The van der Waals surface area contributed by atoms with Crippen LogP contribution in [0.25, 0.3) is 0 Å². The number of nitrogens with zero attached hydrogens (tertiary/aromatic N) is 3. The smallest absolute Gasteiger partial charge is 0.241 e. The van der Waals surface area contributed by atoms with Crippen molar-refractivity contribution in [2.24, 2.45) is 5.14 Å². The highest BCUT2D eigenvalue weighted by molar-refractivity contribution is 7.89. The molecule has 0 spiro atoms. The van der Waals surface area contributed by atoms with Gasteiger partial charge in [0, 0.05) is 44.3 Å².